The first-order valence-electron chi connectivity index (χ1n) is 4.46. The van der Waals surface area contributed by atoms with Gasteiger partial charge in [0.15, 0.2) is 0 Å². The summed E-state index contributed by atoms with van der Waals surface area (Å²) in [6, 6.07) is 0.829. The molecule has 11 heavy (non-hydrogen) atoms. The standard InChI is InChI=1S/C9H18IN/c1-6(2)8-5-11(10)9(8)7(3)4/h6-9H,5H2,1-4H3. The topological polar surface area (TPSA) is 3.24 Å². The summed E-state index contributed by atoms with van der Waals surface area (Å²) in [6.45, 7) is 10.6. The molecule has 0 N–H and O–H groups in total. The molecule has 0 aromatic carbocycles. The summed E-state index contributed by atoms with van der Waals surface area (Å²) in [6.07, 6.45) is 0. The summed E-state index contributed by atoms with van der Waals surface area (Å²) in [7, 11) is 0. The van der Waals surface area contributed by atoms with Crippen LogP contribution < -0.4 is 0 Å². The van der Waals surface area contributed by atoms with Crippen LogP contribution in [0.2, 0.25) is 0 Å². The van der Waals surface area contributed by atoms with E-state index in [1.807, 2.05) is 0 Å². The lowest BCUT2D eigenvalue weighted by molar-refractivity contribution is 0.0568. The molecule has 0 radical (unpaired) electrons. The molecule has 0 aromatic rings. The number of halogens is 1. The molecule has 1 nitrogen and oxygen atoms in total. The molecule has 1 heterocycles. The van der Waals surface area contributed by atoms with Crippen LogP contribution in [0.5, 0.6) is 0 Å². The van der Waals surface area contributed by atoms with Crippen LogP contribution in [0.25, 0.3) is 0 Å². The molecule has 0 aromatic heterocycles. The van der Waals surface area contributed by atoms with Crippen molar-refractivity contribution in [1.29, 1.82) is 0 Å². The minimum atomic E-state index is 0.813. The molecule has 2 heteroatoms. The number of nitrogens with zero attached hydrogens (tertiary/aromatic N) is 1. The molecule has 2 unspecified atom stereocenters. The maximum Gasteiger partial charge on any atom is 0.0260 e. The Morgan fingerprint density at radius 1 is 1.18 bits per heavy atom. The third-order valence-electron chi connectivity index (χ3n) is 2.69. The third-order valence-corrected chi connectivity index (χ3v) is 3.72. The maximum absolute atomic E-state index is 2.45. The predicted molar refractivity (Wildman–Crippen MR) is 57.7 cm³/mol. The highest BCUT2D eigenvalue weighted by Gasteiger charge is 2.40. The van der Waals surface area contributed by atoms with Crippen LogP contribution in [0.15, 0.2) is 0 Å². The Labute approximate surface area is 84.0 Å². The smallest absolute Gasteiger partial charge is 0.0260 e. The molecule has 0 amide bonds. The minimum absolute atomic E-state index is 0.813. The van der Waals surface area contributed by atoms with Gasteiger partial charge >= 0.3 is 0 Å². The fraction of sp³-hybridized carbons (Fsp3) is 1.00. The summed E-state index contributed by atoms with van der Waals surface area (Å²) in [5.41, 5.74) is 0. The summed E-state index contributed by atoms with van der Waals surface area (Å²) in [4.78, 5) is 0. The van der Waals surface area contributed by atoms with Crippen LogP contribution in [0.1, 0.15) is 27.7 Å². The van der Waals surface area contributed by atoms with Gasteiger partial charge in [-0.15, -0.1) is 0 Å². The van der Waals surface area contributed by atoms with E-state index in [-0.39, 0.29) is 0 Å². The molecule has 0 bridgehead atoms. The van der Waals surface area contributed by atoms with E-state index in [0.717, 1.165) is 23.8 Å². The summed E-state index contributed by atoms with van der Waals surface area (Å²) >= 11 is 2.45. The van der Waals surface area contributed by atoms with E-state index in [4.69, 9.17) is 0 Å². The molecule has 0 spiro atoms. The maximum atomic E-state index is 2.45. The molecule has 1 fully saturated rings. The van der Waals surface area contributed by atoms with Crippen molar-refractivity contribution >= 4 is 22.9 Å². The van der Waals surface area contributed by atoms with Crippen LogP contribution >= 0.6 is 22.9 Å². The molecule has 1 rings (SSSR count). The van der Waals surface area contributed by atoms with Gasteiger partial charge in [-0.3, -0.25) is 0 Å². The second-order valence-electron chi connectivity index (χ2n) is 4.22. The first-order valence-corrected chi connectivity index (χ1v) is 5.43. The van der Waals surface area contributed by atoms with Gasteiger partial charge in [-0.05, 0) is 17.8 Å². The van der Waals surface area contributed by atoms with Crippen molar-refractivity contribution in [3.63, 3.8) is 0 Å². The van der Waals surface area contributed by atoms with E-state index in [1.165, 1.54) is 6.54 Å². The Morgan fingerprint density at radius 3 is 1.91 bits per heavy atom. The number of hydrogen-bond donors (Lipinski definition) is 0. The number of hydrogen-bond acceptors (Lipinski definition) is 1. The summed E-state index contributed by atoms with van der Waals surface area (Å²) in [5, 5.41) is 0. The Kier molecular flexibility index (Phi) is 3.20. The zero-order chi connectivity index (χ0) is 8.59. The minimum Gasteiger partial charge on any atom is -0.244 e. The highest BCUT2D eigenvalue weighted by molar-refractivity contribution is 14.1. The molecule has 2 atom stereocenters. The van der Waals surface area contributed by atoms with Crippen molar-refractivity contribution in [2.24, 2.45) is 17.8 Å². The molecular formula is C9H18IN. The zero-order valence-electron chi connectivity index (χ0n) is 7.84. The van der Waals surface area contributed by atoms with Gasteiger partial charge in [-0.25, -0.2) is 3.11 Å². The second-order valence-corrected chi connectivity index (χ2v) is 5.46. The molecular weight excluding hydrogens is 249 g/mol. The lowest BCUT2D eigenvalue weighted by atomic mass is 9.77. The lowest BCUT2D eigenvalue weighted by Gasteiger charge is -2.49. The largest absolute Gasteiger partial charge is 0.244 e. The van der Waals surface area contributed by atoms with E-state index in [0.29, 0.717) is 0 Å². The van der Waals surface area contributed by atoms with Gasteiger partial charge in [0, 0.05) is 35.5 Å². The van der Waals surface area contributed by atoms with Crippen LogP contribution in [0.3, 0.4) is 0 Å². The van der Waals surface area contributed by atoms with Crippen LogP contribution in [0, 0.1) is 17.8 Å². The van der Waals surface area contributed by atoms with Gasteiger partial charge in [0.2, 0.25) is 0 Å². The second kappa shape index (κ2) is 3.60. The highest BCUT2D eigenvalue weighted by atomic mass is 127. The fourth-order valence-corrected chi connectivity index (χ4v) is 3.44. The molecule has 1 saturated heterocycles. The van der Waals surface area contributed by atoms with Gasteiger partial charge in [-0.2, -0.15) is 0 Å². The summed E-state index contributed by atoms with van der Waals surface area (Å²) in [5.74, 6) is 2.60. The van der Waals surface area contributed by atoms with Gasteiger partial charge in [0.25, 0.3) is 0 Å². The number of rotatable bonds is 2. The molecule has 1 aliphatic heterocycles. The zero-order valence-corrected chi connectivity index (χ0v) is 10.00. The SMILES string of the molecule is CC(C)C1CN(I)C1C(C)C. The molecule has 66 valence electrons. The van der Waals surface area contributed by atoms with Crippen LogP contribution in [0.4, 0.5) is 0 Å². The average molecular weight is 267 g/mol. The van der Waals surface area contributed by atoms with E-state index in [9.17, 15) is 0 Å². The third kappa shape index (κ3) is 1.89. The van der Waals surface area contributed by atoms with Crippen molar-refractivity contribution in [2.45, 2.75) is 33.7 Å². The Morgan fingerprint density at radius 2 is 1.73 bits per heavy atom. The van der Waals surface area contributed by atoms with E-state index in [2.05, 4.69) is 53.7 Å². The van der Waals surface area contributed by atoms with Gasteiger partial charge in [0.1, 0.15) is 0 Å². The Balaban J connectivity index is 2.48. The van der Waals surface area contributed by atoms with Gasteiger partial charge < -0.3 is 0 Å². The van der Waals surface area contributed by atoms with Gasteiger partial charge in [-0.1, -0.05) is 27.7 Å². The van der Waals surface area contributed by atoms with E-state index < -0.39 is 0 Å². The van der Waals surface area contributed by atoms with Gasteiger partial charge in [0.05, 0.1) is 0 Å². The summed E-state index contributed by atoms with van der Waals surface area (Å²) < 4.78 is 2.45. The van der Waals surface area contributed by atoms with Crippen molar-refractivity contribution in [3.05, 3.63) is 0 Å². The molecule has 0 aliphatic carbocycles. The van der Waals surface area contributed by atoms with Crippen molar-refractivity contribution < 1.29 is 0 Å². The van der Waals surface area contributed by atoms with E-state index in [1.54, 1.807) is 0 Å². The fourth-order valence-electron chi connectivity index (χ4n) is 1.92. The average Bonchev–Trinajstić information content (AvgIpc) is 1.80. The monoisotopic (exact) mass is 267 g/mol. The Bertz CT molecular complexity index is 129. The van der Waals surface area contributed by atoms with E-state index >= 15 is 0 Å². The first kappa shape index (κ1) is 9.78. The predicted octanol–water partition coefficient (Wildman–Crippen LogP) is 2.95. The highest BCUT2D eigenvalue weighted by Crippen LogP contribution is 2.37. The van der Waals surface area contributed by atoms with Crippen LogP contribution in [-0.2, 0) is 0 Å². The van der Waals surface area contributed by atoms with Crippen molar-refractivity contribution in [2.75, 3.05) is 6.54 Å². The molecule has 0 saturated carbocycles. The quantitative estimate of drug-likeness (QED) is 0.549. The Hall–Kier alpha value is 0.690. The lowest BCUT2D eigenvalue weighted by Crippen LogP contribution is -2.55. The van der Waals surface area contributed by atoms with Crippen molar-refractivity contribution in [3.8, 4) is 0 Å². The van der Waals surface area contributed by atoms with Crippen molar-refractivity contribution in [1.82, 2.24) is 3.11 Å². The normalized spacial score (nSPS) is 33.0. The van der Waals surface area contributed by atoms with Crippen LogP contribution in [-0.4, -0.2) is 15.7 Å². The molecule has 1 aliphatic rings. The first-order chi connectivity index (χ1) is 5.04.